The average Bonchev–Trinajstić information content (AvgIpc) is 2.30. The molecule has 1 atom stereocenters. The second kappa shape index (κ2) is 7.50. The lowest BCUT2D eigenvalue weighted by Gasteiger charge is -2.10. The fourth-order valence-corrected chi connectivity index (χ4v) is 1.51. The van der Waals surface area contributed by atoms with Crippen LogP contribution < -0.4 is 4.74 Å². The van der Waals surface area contributed by atoms with Gasteiger partial charge in [0.05, 0.1) is 30.9 Å². The molecule has 1 rings (SSSR count). The summed E-state index contributed by atoms with van der Waals surface area (Å²) >= 11 is 6.00. The standard InChI is InChI=1S/C12H17ClO4/c1-9(15)10-2-3-12(11(13)8-10)17-7-6-16-5-4-14/h2-3,8-9,14-15H,4-7H2,1H3/t9-/m0/s1. The zero-order valence-electron chi connectivity index (χ0n) is 9.73. The molecule has 0 aliphatic rings. The van der Waals surface area contributed by atoms with Gasteiger partial charge in [0.2, 0.25) is 0 Å². The molecule has 1 aromatic carbocycles. The molecule has 0 aromatic heterocycles. The van der Waals surface area contributed by atoms with Crippen molar-refractivity contribution in [2.24, 2.45) is 0 Å². The van der Waals surface area contributed by atoms with E-state index in [2.05, 4.69) is 0 Å². The zero-order valence-corrected chi connectivity index (χ0v) is 10.5. The molecule has 0 saturated carbocycles. The summed E-state index contributed by atoms with van der Waals surface area (Å²) in [6.07, 6.45) is -0.547. The number of aliphatic hydroxyl groups is 2. The van der Waals surface area contributed by atoms with Gasteiger partial charge < -0.3 is 19.7 Å². The predicted octanol–water partition coefficient (Wildman–Crippen LogP) is 1.78. The van der Waals surface area contributed by atoms with Gasteiger partial charge in [0.1, 0.15) is 12.4 Å². The van der Waals surface area contributed by atoms with Gasteiger partial charge >= 0.3 is 0 Å². The molecule has 0 aliphatic heterocycles. The first-order valence-electron chi connectivity index (χ1n) is 5.44. The van der Waals surface area contributed by atoms with E-state index < -0.39 is 6.10 Å². The molecule has 0 heterocycles. The van der Waals surface area contributed by atoms with E-state index in [9.17, 15) is 5.11 Å². The Kier molecular flexibility index (Phi) is 6.29. The van der Waals surface area contributed by atoms with Gasteiger partial charge in [0.15, 0.2) is 0 Å². The van der Waals surface area contributed by atoms with E-state index in [0.717, 1.165) is 5.56 Å². The molecule has 2 N–H and O–H groups in total. The van der Waals surface area contributed by atoms with Crippen molar-refractivity contribution < 1.29 is 19.7 Å². The quantitative estimate of drug-likeness (QED) is 0.734. The van der Waals surface area contributed by atoms with Gasteiger partial charge in [-0.2, -0.15) is 0 Å². The van der Waals surface area contributed by atoms with Crippen LogP contribution in [0.1, 0.15) is 18.6 Å². The molecule has 0 spiro atoms. The lowest BCUT2D eigenvalue weighted by atomic mass is 10.1. The Morgan fingerprint density at radius 3 is 2.65 bits per heavy atom. The number of hydrogen-bond donors (Lipinski definition) is 2. The number of ether oxygens (including phenoxy) is 2. The van der Waals surface area contributed by atoms with Crippen LogP contribution in [0.5, 0.6) is 5.75 Å². The number of aliphatic hydroxyl groups excluding tert-OH is 2. The number of halogens is 1. The normalized spacial score (nSPS) is 12.5. The number of benzene rings is 1. The summed E-state index contributed by atoms with van der Waals surface area (Å²) in [5, 5.41) is 18.3. The topological polar surface area (TPSA) is 58.9 Å². The van der Waals surface area contributed by atoms with E-state index in [1.807, 2.05) is 0 Å². The molecule has 0 amide bonds. The van der Waals surface area contributed by atoms with Crippen LogP contribution in [0.4, 0.5) is 0 Å². The molecule has 0 saturated heterocycles. The van der Waals surface area contributed by atoms with E-state index >= 15 is 0 Å². The summed E-state index contributed by atoms with van der Waals surface area (Å²) < 4.78 is 10.4. The Morgan fingerprint density at radius 1 is 1.29 bits per heavy atom. The van der Waals surface area contributed by atoms with Crippen LogP contribution in [0.15, 0.2) is 18.2 Å². The van der Waals surface area contributed by atoms with Crippen LogP contribution >= 0.6 is 11.6 Å². The molecule has 0 fully saturated rings. The molecular weight excluding hydrogens is 244 g/mol. The first kappa shape index (κ1) is 14.3. The van der Waals surface area contributed by atoms with Gasteiger partial charge in [0.25, 0.3) is 0 Å². The van der Waals surface area contributed by atoms with Gasteiger partial charge in [-0.15, -0.1) is 0 Å². The predicted molar refractivity (Wildman–Crippen MR) is 65.5 cm³/mol. The van der Waals surface area contributed by atoms with E-state index in [1.165, 1.54) is 0 Å². The largest absolute Gasteiger partial charge is 0.490 e. The van der Waals surface area contributed by atoms with Crippen molar-refractivity contribution in [3.05, 3.63) is 28.8 Å². The van der Waals surface area contributed by atoms with Crippen LogP contribution in [0.3, 0.4) is 0 Å². The number of rotatable bonds is 7. The van der Waals surface area contributed by atoms with Crippen molar-refractivity contribution in [2.45, 2.75) is 13.0 Å². The highest BCUT2D eigenvalue weighted by Crippen LogP contribution is 2.27. The molecular formula is C12H17ClO4. The van der Waals surface area contributed by atoms with Crippen molar-refractivity contribution in [2.75, 3.05) is 26.4 Å². The molecule has 0 unspecified atom stereocenters. The van der Waals surface area contributed by atoms with Gasteiger partial charge in [-0.1, -0.05) is 17.7 Å². The second-order valence-electron chi connectivity index (χ2n) is 3.55. The zero-order chi connectivity index (χ0) is 12.7. The Hall–Kier alpha value is -0.810. The van der Waals surface area contributed by atoms with E-state index in [4.69, 9.17) is 26.2 Å². The third kappa shape index (κ3) is 4.91. The molecule has 96 valence electrons. The van der Waals surface area contributed by atoms with Gasteiger partial charge in [-0.3, -0.25) is 0 Å². The minimum Gasteiger partial charge on any atom is -0.490 e. The Morgan fingerprint density at radius 2 is 2.06 bits per heavy atom. The molecule has 0 bridgehead atoms. The van der Waals surface area contributed by atoms with Crippen molar-refractivity contribution in [3.8, 4) is 5.75 Å². The maximum Gasteiger partial charge on any atom is 0.138 e. The third-order valence-corrected chi connectivity index (χ3v) is 2.45. The van der Waals surface area contributed by atoms with Crippen molar-refractivity contribution in [3.63, 3.8) is 0 Å². The Bertz CT molecular complexity index is 341. The van der Waals surface area contributed by atoms with E-state index in [0.29, 0.717) is 30.6 Å². The Balaban J connectivity index is 2.43. The van der Waals surface area contributed by atoms with Crippen LogP contribution in [-0.2, 0) is 4.74 Å². The Labute approximate surface area is 106 Å². The first-order valence-corrected chi connectivity index (χ1v) is 5.82. The molecule has 0 aliphatic carbocycles. The van der Waals surface area contributed by atoms with Gasteiger partial charge in [0, 0.05) is 0 Å². The maximum absolute atomic E-state index is 9.37. The van der Waals surface area contributed by atoms with Crippen molar-refractivity contribution >= 4 is 11.6 Å². The van der Waals surface area contributed by atoms with Crippen molar-refractivity contribution in [1.29, 1.82) is 0 Å². The third-order valence-electron chi connectivity index (χ3n) is 2.16. The minimum atomic E-state index is -0.547. The monoisotopic (exact) mass is 260 g/mol. The fourth-order valence-electron chi connectivity index (χ4n) is 1.27. The molecule has 17 heavy (non-hydrogen) atoms. The highest BCUT2D eigenvalue weighted by Gasteiger charge is 2.06. The summed E-state index contributed by atoms with van der Waals surface area (Å²) in [5.74, 6) is 0.559. The van der Waals surface area contributed by atoms with Crippen LogP contribution in [-0.4, -0.2) is 36.6 Å². The summed E-state index contributed by atoms with van der Waals surface area (Å²) in [5.41, 5.74) is 0.749. The van der Waals surface area contributed by atoms with Gasteiger partial charge in [-0.05, 0) is 24.6 Å². The summed E-state index contributed by atoms with van der Waals surface area (Å²) in [7, 11) is 0. The fraction of sp³-hybridized carbons (Fsp3) is 0.500. The second-order valence-corrected chi connectivity index (χ2v) is 3.96. The summed E-state index contributed by atoms with van der Waals surface area (Å²) in [6, 6.07) is 5.16. The highest BCUT2D eigenvalue weighted by molar-refractivity contribution is 6.32. The van der Waals surface area contributed by atoms with Crippen LogP contribution in [0.25, 0.3) is 0 Å². The summed E-state index contributed by atoms with van der Waals surface area (Å²) in [6.45, 7) is 2.75. The number of hydrogen-bond acceptors (Lipinski definition) is 4. The highest BCUT2D eigenvalue weighted by atomic mass is 35.5. The molecule has 1 aromatic rings. The smallest absolute Gasteiger partial charge is 0.138 e. The average molecular weight is 261 g/mol. The molecule has 0 radical (unpaired) electrons. The molecule has 5 heteroatoms. The molecule has 4 nitrogen and oxygen atoms in total. The van der Waals surface area contributed by atoms with E-state index in [1.54, 1.807) is 25.1 Å². The van der Waals surface area contributed by atoms with Gasteiger partial charge in [-0.25, -0.2) is 0 Å². The first-order chi connectivity index (χ1) is 8.15. The van der Waals surface area contributed by atoms with Crippen molar-refractivity contribution in [1.82, 2.24) is 0 Å². The van der Waals surface area contributed by atoms with Crippen LogP contribution in [0, 0.1) is 0 Å². The SMILES string of the molecule is C[C@H](O)c1ccc(OCCOCCO)c(Cl)c1. The maximum atomic E-state index is 9.37. The van der Waals surface area contributed by atoms with Crippen LogP contribution in [0.2, 0.25) is 5.02 Å². The lowest BCUT2D eigenvalue weighted by molar-refractivity contribution is 0.0705. The minimum absolute atomic E-state index is 0.00381. The van der Waals surface area contributed by atoms with E-state index in [-0.39, 0.29) is 6.61 Å². The lowest BCUT2D eigenvalue weighted by Crippen LogP contribution is -2.09. The summed E-state index contributed by atoms with van der Waals surface area (Å²) in [4.78, 5) is 0.